The molecule has 0 saturated carbocycles. The number of hydrogen-bond acceptors (Lipinski definition) is 4. The molecule has 0 fully saturated rings. The molecule has 0 aliphatic rings. The molecule has 18 heavy (non-hydrogen) atoms. The largest absolute Gasteiger partial charge is 0.290 e. The Morgan fingerprint density at radius 2 is 2.22 bits per heavy atom. The van der Waals surface area contributed by atoms with Crippen LogP contribution in [0, 0.1) is 0 Å². The van der Waals surface area contributed by atoms with Crippen molar-refractivity contribution in [3.05, 3.63) is 46.5 Å². The summed E-state index contributed by atoms with van der Waals surface area (Å²) < 4.78 is 0. The van der Waals surface area contributed by atoms with E-state index in [1.54, 1.807) is 7.05 Å². The van der Waals surface area contributed by atoms with E-state index in [2.05, 4.69) is 9.98 Å². The molecule has 0 amide bonds. The van der Waals surface area contributed by atoms with Crippen LogP contribution in [0.25, 0.3) is 5.57 Å². The van der Waals surface area contributed by atoms with Crippen molar-refractivity contribution in [1.29, 1.82) is 0 Å². The highest BCUT2D eigenvalue weighted by molar-refractivity contribution is 7.11. The molecule has 0 bridgehead atoms. The van der Waals surface area contributed by atoms with E-state index >= 15 is 0 Å². The third kappa shape index (κ3) is 3.65. The van der Waals surface area contributed by atoms with Gasteiger partial charge in [0.2, 0.25) is 0 Å². The van der Waals surface area contributed by atoms with Crippen LogP contribution < -0.4 is 5.48 Å². The first-order valence-electron chi connectivity index (χ1n) is 5.55. The predicted molar refractivity (Wildman–Crippen MR) is 77.1 cm³/mol. The van der Waals surface area contributed by atoms with Gasteiger partial charge in [-0.05, 0) is 13.8 Å². The van der Waals surface area contributed by atoms with Crippen molar-refractivity contribution < 1.29 is 5.21 Å². The summed E-state index contributed by atoms with van der Waals surface area (Å²) >= 11 is 1.43. The van der Waals surface area contributed by atoms with Gasteiger partial charge in [-0.15, -0.1) is 11.3 Å². The van der Waals surface area contributed by atoms with Gasteiger partial charge < -0.3 is 0 Å². The quantitative estimate of drug-likeness (QED) is 0.380. The van der Waals surface area contributed by atoms with Gasteiger partial charge in [0, 0.05) is 18.0 Å². The molecule has 96 valence electrons. The van der Waals surface area contributed by atoms with E-state index in [0.29, 0.717) is 10.8 Å². The van der Waals surface area contributed by atoms with Crippen LogP contribution in [-0.4, -0.2) is 23.1 Å². The minimum atomic E-state index is 0.372. The Bertz CT molecular complexity index is 498. The summed E-state index contributed by atoms with van der Waals surface area (Å²) in [4.78, 5) is 8.35. The van der Waals surface area contributed by atoms with E-state index in [4.69, 9.17) is 5.21 Å². The maximum absolute atomic E-state index is 8.92. The van der Waals surface area contributed by atoms with Gasteiger partial charge in [-0.2, -0.15) is 0 Å². The van der Waals surface area contributed by atoms with E-state index in [1.807, 2.05) is 55.1 Å². The van der Waals surface area contributed by atoms with E-state index < -0.39 is 0 Å². The topological polar surface area (TPSA) is 57.5 Å². The van der Waals surface area contributed by atoms with Gasteiger partial charge in [0.1, 0.15) is 0 Å². The highest BCUT2D eigenvalue weighted by Crippen LogP contribution is 2.19. The van der Waals surface area contributed by atoms with Crippen LogP contribution in [0.15, 0.2) is 40.8 Å². The Hall–Kier alpha value is -1.72. The molecule has 1 heterocycles. The molecule has 0 unspecified atom stereocenters. The Balaban J connectivity index is 3.09. The van der Waals surface area contributed by atoms with Gasteiger partial charge >= 0.3 is 0 Å². The Labute approximate surface area is 111 Å². The monoisotopic (exact) mass is 263 g/mol. The first-order chi connectivity index (χ1) is 8.76. The summed E-state index contributed by atoms with van der Waals surface area (Å²) in [6, 6.07) is 0. The van der Waals surface area contributed by atoms with Crippen LogP contribution in [-0.2, 0) is 0 Å². The molecular formula is C13H17N3OS. The van der Waals surface area contributed by atoms with Crippen LogP contribution >= 0.6 is 11.3 Å². The average molecular weight is 263 g/mol. The number of aliphatic imine (C=N–C) groups is 1. The van der Waals surface area contributed by atoms with E-state index in [0.717, 1.165) is 11.3 Å². The number of nitrogens with zero attached hydrogens (tertiary/aromatic N) is 2. The fraction of sp³-hybridized carbons (Fsp3) is 0.231. The fourth-order valence-corrected chi connectivity index (χ4v) is 2.13. The molecule has 0 aliphatic heterocycles. The minimum Gasteiger partial charge on any atom is -0.290 e. The smallest absolute Gasteiger partial charge is 0.181 e. The van der Waals surface area contributed by atoms with Crippen molar-refractivity contribution in [2.24, 2.45) is 4.99 Å². The summed E-state index contributed by atoms with van der Waals surface area (Å²) in [5.41, 5.74) is 3.93. The number of thiazole rings is 1. The lowest BCUT2D eigenvalue weighted by Crippen LogP contribution is -2.19. The molecule has 0 atom stereocenters. The number of amidine groups is 1. The molecule has 0 aliphatic carbocycles. The van der Waals surface area contributed by atoms with Gasteiger partial charge in [-0.3, -0.25) is 10.2 Å². The second-order valence-corrected chi connectivity index (χ2v) is 4.23. The fourth-order valence-electron chi connectivity index (χ4n) is 1.31. The number of nitrogens with one attached hydrogen (secondary N) is 1. The van der Waals surface area contributed by atoms with Crippen molar-refractivity contribution in [3.8, 4) is 0 Å². The highest BCUT2D eigenvalue weighted by atomic mass is 32.1. The van der Waals surface area contributed by atoms with Crippen molar-refractivity contribution in [3.63, 3.8) is 0 Å². The lowest BCUT2D eigenvalue weighted by Gasteiger charge is -1.98. The number of hydroxylamine groups is 1. The van der Waals surface area contributed by atoms with E-state index in [1.165, 1.54) is 11.3 Å². The zero-order chi connectivity index (χ0) is 13.4. The third-order valence-corrected chi connectivity index (χ3v) is 3.00. The predicted octanol–water partition coefficient (Wildman–Crippen LogP) is 3.03. The van der Waals surface area contributed by atoms with Crippen LogP contribution in [0.5, 0.6) is 0 Å². The molecule has 0 spiro atoms. The Kier molecular flexibility index (Phi) is 6.04. The molecule has 1 aromatic heterocycles. The Morgan fingerprint density at radius 1 is 1.44 bits per heavy atom. The van der Waals surface area contributed by atoms with Crippen LogP contribution in [0.1, 0.15) is 24.5 Å². The maximum atomic E-state index is 8.92. The maximum Gasteiger partial charge on any atom is 0.181 e. The number of aromatic nitrogens is 1. The minimum absolute atomic E-state index is 0.372. The van der Waals surface area contributed by atoms with Crippen LogP contribution in [0.4, 0.5) is 0 Å². The van der Waals surface area contributed by atoms with Crippen molar-refractivity contribution >= 4 is 22.7 Å². The number of hydrogen-bond donors (Lipinski definition) is 2. The molecule has 2 N–H and O–H groups in total. The van der Waals surface area contributed by atoms with Crippen LogP contribution in [0.2, 0.25) is 0 Å². The Morgan fingerprint density at radius 3 is 2.78 bits per heavy atom. The van der Waals surface area contributed by atoms with Crippen molar-refractivity contribution in [1.82, 2.24) is 10.5 Å². The zero-order valence-corrected chi connectivity index (χ0v) is 11.5. The molecular weight excluding hydrogens is 246 g/mol. The van der Waals surface area contributed by atoms with Gasteiger partial charge in [-0.1, -0.05) is 30.4 Å². The van der Waals surface area contributed by atoms with Crippen LogP contribution in [0.3, 0.4) is 0 Å². The van der Waals surface area contributed by atoms with Gasteiger partial charge in [0.15, 0.2) is 10.8 Å². The number of allylic oxidation sites excluding steroid dienone is 6. The summed E-state index contributed by atoms with van der Waals surface area (Å²) in [5, 5.41) is 11.5. The summed E-state index contributed by atoms with van der Waals surface area (Å²) in [7, 11) is 1.60. The van der Waals surface area contributed by atoms with Gasteiger partial charge in [0.25, 0.3) is 0 Å². The van der Waals surface area contributed by atoms with Gasteiger partial charge in [-0.25, -0.2) is 10.5 Å². The van der Waals surface area contributed by atoms with E-state index in [9.17, 15) is 0 Å². The average Bonchev–Trinajstić information content (AvgIpc) is 2.85. The highest BCUT2D eigenvalue weighted by Gasteiger charge is 2.09. The van der Waals surface area contributed by atoms with Crippen molar-refractivity contribution in [2.45, 2.75) is 13.8 Å². The van der Waals surface area contributed by atoms with Crippen molar-refractivity contribution in [2.75, 3.05) is 7.05 Å². The summed E-state index contributed by atoms with van der Waals surface area (Å²) in [6.07, 6.45) is 9.88. The molecule has 1 aromatic rings. The van der Waals surface area contributed by atoms with Gasteiger partial charge in [0.05, 0.1) is 5.69 Å². The summed E-state index contributed by atoms with van der Waals surface area (Å²) in [6.45, 7) is 3.93. The SMILES string of the molecule is C\C=C/C(=C\C=C\C)c1csc(C(=NC)NO)n1. The third-order valence-electron chi connectivity index (χ3n) is 2.15. The molecule has 4 nitrogen and oxygen atoms in total. The first kappa shape index (κ1) is 14.3. The lowest BCUT2D eigenvalue weighted by atomic mass is 10.1. The molecule has 0 saturated heterocycles. The molecule has 0 aromatic carbocycles. The molecule has 0 radical (unpaired) electrons. The lowest BCUT2D eigenvalue weighted by molar-refractivity contribution is 0.235. The molecule has 5 heteroatoms. The first-order valence-corrected chi connectivity index (χ1v) is 6.43. The normalized spacial score (nSPS) is 13.8. The second kappa shape index (κ2) is 7.58. The second-order valence-electron chi connectivity index (χ2n) is 3.37. The number of rotatable bonds is 4. The standard InChI is InChI=1S/C13H17N3OS/c1-4-6-8-10(7-5-2)11-9-18-13(15-11)12(14-3)16-17/h4-9,17H,1-3H3,(H,14,16)/b6-4+,7-5-,10-8+. The molecule has 1 rings (SSSR count). The van der Waals surface area contributed by atoms with E-state index in [-0.39, 0.29) is 0 Å². The zero-order valence-electron chi connectivity index (χ0n) is 10.7. The summed E-state index contributed by atoms with van der Waals surface area (Å²) in [5.74, 6) is 0.372.